The van der Waals surface area contributed by atoms with Gasteiger partial charge in [-0.05, 0) is 24.9 Å². The van der Waals surface area contributed by atoms with Crippen molar-refractivity contribution in [3.05, 3.63) is 23.9 Å². The van der Waals surface area contributed by atoms with Crippen molar-refractivity contribution in [2.45, 2.75) is 46.1 Å². The van der Waals surface area contributed by atoms with Crippen LogP contribution in [-0.4, -0.2) is 18.1 Å². The highest BCUT2D eigenvalue weighted by Gasteiger charge is 1.96. The second kappa shape index (κ2) is 8.99. The third kappa shape index (κ3) is 6.27. The quantitative estimate of drug-likeness (QED) is 0.669. The summed E-state index contributed by atoms with van der Waals surface area (Å²) in [6, 6.07) is 4.03. The fourth-order valence-electron chi connectivity index (χ4n) is 1.54. The molecule has 0 radical (unpaired) electrons. The normalized spacial score (nSPS) is 10.5. The summed E-state index contributed by atoms with van der Waals surface area (Å²) in [5, 5.41) is 3.35. The van der Waals surface area contributed by atoms with Gasteiger partial charge in [0, 0.05) is 18.8 Å². The van der Waals surface area contributed by atoms with Crippen LogP contribution in [0.1, 0.15) is 45.1 Å². The summed E-state index contributed by atoms with van der Waals surface area (Å²) < 4.78 is 5.56. The van der Waals surface area contributed by atoms with Gasteiger partial charge in [0.15, 0.2) is 0 Å². The Bertz CT molecular complexity index is 285. The molecule has 1 rings (SSSR count). The van der Waals surface area contributed by atoms with Crippen LogP contribution in [0.15, 0.2) is 18.3 Å². The third-order valence-corrected chi connectivity index (χ3v) is 2.55. The third-order valence-electron chi connectivity index (χ3n) is 2.55. The molecule has 0 saturated carbocycles. The highest BCUT2D eigenvalue weighted by molar-refractivity contribution is 5.17. The van der Waals surface area contributed by atoms with E-state index >= 15 is 0 Å². The molecule has 0 atom stereocenters. The minimum atomic E-state index is 0.736. The lowest BCUT2D eigenvalue weighted by atomic mass is 10.2. The smallest absolute Gasteiger partial charge is 0.213 e. The molecule has 0 aliphatic heterocycles. The van der Waals surface area contributed by atoms with Crippen LogP contribution in [0.2, 0.25) is 0 Å². The zero-order valence-corrected chi connectivity index (χ0v) is 11.0. The summed E-state index contributed by atoms with van der Waals surface area (Å²) in [7, 11) is 0. The van der Waals surface area contributed by atoms with Crippen molar-refractivity contribution in [1.29, 1.82) is 0 Å². The van der Waals surface area contributed by atoms with Crippen molar-refractivity contribution >= 4 is 0 Å². The van der Waals surface area contributed by atoms with Crippen LogP contribution in [0.4, 0.5) is 0 Å². The first-order valence-corrected chi connectivity index (χ1v) is 6.65. The summed E-state index contributed by atoms with van der Waals surface area (Å²) in [6.45, 7) is 7.06. The van der Waals surface area contributed by atoms with Crippen LogP contribution in [-0.2, 0) is 6.54 Å². The predicted octanol–water partition coefficient (Wildman–Crippen LogP) is 3.15. The summed E-state index contributed by atoms with van der Waals surface area (Å²) in [4.78, 5) is 4.29. The molecule has 1 aromatic heterocycles. The van der Waals surface area contributed by atoms with E-state index in [-0.39, 0.29) is 0 Å². The van der Waals surface area contributed by atoms with Crippen molar-refractivity contribution in [2.75, 3.05) is 13.2 Å². The van der Waals surface area contributed by atoms with Gasteiger partial charge in [0.1, 0.15) is 0 Å². The van der Waals surface area contributed by atoms with Crippen LogP contribution < -0.4 is 10.1 Å². The average molecular weight is 236 g/mol. The van der Waals surface area contributed by atoms with Gasteiger partial charge in [-0.15, -0.1) is 0 Å². The van der Waals surface area contributed by atoms with E-state index in [9.17, 15) is 0 Å². The monoisotopic (exact) mass is 236 g/mol. The molecule has 0 aliphatic rings. The second-order valence-electron chi connectivity index (χ2n) is 4.24. The topological polar surface area (TPSA) is 34.1 Å². The van der Waals surface area contributed by atoms with Crippen molar-refractivity contribution in [2.24, 2.45) is 0 Å². The highest BCUT2D eigenvalue weighted by Crippen LogP contribution is 2.08. The minimum Gasteiger partial charge on any atom is -0.478 e. The molecular weight excluding hydrogens is 212 g/mol. The Hall–Kier alpha value is -1.09. The predicted molar refractivity (Wildman–Crippen MR) is 71.3 cm³/mol. The van der Waals surface area contributed by atoms with Crippen molar-refractivity contribution in [3.63, 3.8) is 0 Å². The molecule has 1 aromatic rings. The lowest BCUT2D eigenvalue weighted by molar-refractivity contribution is 0.295. The Morgan fingerprint density at radius 3 is 2.71 bits per heavy atom. The average Bonchev–Trinajstić information content (AvgIpc) is 2.37. The summed E-state index contributed by atoms with van der Waals surface area (Å²) in [5.41, 5.74) is 1.21. The van der Waals surface area contributed by atoms with E-state index in [1.807, 2.05) is 12.3 Å². The van der Waals surface area contributed by atoms with Gasteiger partial charge in [-0.1, -0.05) is 32.8 Å². The maximum Gasteiger partial charge on any atom is 0.213 e. The molecule has 0 aliphatic carbocycles. The molecule has 17 heavy (non-hydrogen) atoms. The van der Waals surface area contributed by atoms with Gasteiger partial charge >= 0.3 is 0 Å². The molecule has 0 aromatic carbocycles. The lowest BCUT2D eigenvalue weighted by Crippen LogP contribution is -2.13. The first kappa shape index (κ1) is 14.0. The number of ether oxygens (including phenoxy) is 1. The molecule has 0 amide bonds. The fraction of sp³-hybridized carbons (Fsp3) is 0.643. The number of pyridine rings is 1. The molecule has 96 valence electrons. The molecule has 1 heterocycles. The maximum atomic E-state index is 5.56. The van der Waals surface area contributed by atoms with E-state index in [0.717, 1.165) is 38.4 Å². The maximum absolute atomic E-state index is 5.56. The van der Waals surface area contributed by atoms with Gasteiger partial charge in [0.2, 0.25) is 5.88 Å². The SMILES string of the molecule is CCCCCOc1ccc(CNCCC)cn1. The van der Waals surface area contributed by atoms with Gasteiger partial charge in [-0.2, -0.15) is 0 Å². The van der Waals surface area contributed by atoms with Crippen LogP contribution in [0.5, 0.6) is 5.88 Å². The number of hydrogen-bond donors (Lipinski definition) is 1. The van der Waals surface area contributed by atoms with Crippen LogP contribution in [0, 0.1) is 0 Å². The number of rotatable bonds is 9. The molecule has 3 nitrogen and oxygen atoms in total. The number of nitrogens with one attached hydrogen (secondary N) is 1. The molecule has 0 bridgehead atoms. The largest absolute Gasteiger partial charge is 0.478 e. The number of nitrogens with zero attached hydrogens (tertiary/aromatic N) is 1. The van der Waals surface area contributed by atoms with E-state index in [4.69, 9.17) is 4.74 Å². The summed E-state index contributed by atoms with van der Waals surface area (Å²) in [5.74, 6) is 0.736. The molecule has 0 spiro atoms. The van der Waals surface area contributed by atoms with Gasteiger partial charge in [-0.25, -0.2) is 4.98 Å². The van der Waals surface area contributed by atoms with Gasteiger partial charge in [0.25, 0.3) is 0 Å². The lowest BCUT2D eigenvalue weighted by Gasteiger charge is -2.06. The van der Waals surface area contributed by atoms with E-state index in [1.165, 1.54) is 18.4 Å². The summed E-state index contributed by atoms with van der Waals surface area (Å²) in [6.07, 6.45) is 6.60. The molecule has 0 fully saturated rings. The van der Waals surface area contributed by atoms with Crippen molar-refractivity contribution in [3.8, 4) is 5.88 Å². The van der Waals surface area contributed by atoms with Crippen LogP contribution in [0.25, 0.3) is 0 Å². The highest BCUT2D eigenvalue weighted by atomic mass is 16.5. The van der Waals surface area contributed by atoms with E-state index < -0.39 is 0 Å². The van der Waals surface area contributed by atoms with E-state index in [2.05, 4.69) is 30.2 Å². The van der Waals surface area contributed by atoms with Crippen molar-refractivity contribution in [1.82, 2.24) is 10.3 Å². The van der Waals surface area contributed by atoms with E-state index in [1.54, 1.807) is 0 Å². The van der Waals surface area contributed by atoms with E-state index in [0.29, 0.717) is 0 Å². The number of aromatic nitrogens is 1. The Balaban J connectivity index is 2.24. The minimum absolute atomic E-state index is 0.736. The standard InChI is InChI=1S/C14H24N2O/c1-3-5-6-10-17-14-8-7-13(12-16-14)11-15-9-4-2/h7-8,12,15H,3-6,9-11H2,1-2H3. The second-order valence-corrected chi connectivity index (χ2v) is 4.24. The Kier molecular flexibility index (Phi) is 7.39. The zero-order chi connectivity index (χ0) is 12.3. The molecular formula is C14H24N2O. The Labute approximate surface area is 105 Å². The number of hydrogen-bond acceptors (Lipinski definition) is 3. The molecule has 1 N–H and O–H groups in total. The molecule has 0 saturated heterocycles. The summed E-state index contributed by atoms with van der Waals surface area (Å²) >= 11 is 0. The zero-order valence-electron chi connectivity index (χ0n) is 11.0. The van der Waals surface area contributed by atoms with Gasteiger partial charge in [0.05, 0.1) is 6.61 Å². The first-order chi connectivity index (χ1) is 8.36. The Morgan fingerprint density at radius 1 is 1.18 bits per heavy atom. The Morgan fingerprint density at radius 2 is 2.06 bits per heavy atom. The van der Waals surface area contributed by atoms with Crippen LogP contribution >= 0.6 is 0 Å². The fourth-order valence-corrected chi connectivity index (χ4v) is 1.54. The molecule has 3 heteroatoms. The van der Waals surface area contributed by atoms with Crippen LogP contribution in [0.3, 0.4) is 0 Å². The molecule has 0 unspecified atom stereocenters. The van der Waals surface area contributed by atoms with Gasteiger partial charge in [-0.3, -0.25) is 0 Å². The van der Waals surface area contributed by atoms with Gasteiger partial charge < -0.3 is 10.1 Å². The number of unbranched alkanes of at least 4 members (excludes halogenated alkanes) is 2. The van der Waals surface area contributed by atoms with Crippen molar-refractivity contribution < 1.29 is 4.74 Å². The first-order valence-electron chi connectivity index (χ1n) is 6.65.